The number of H-pyrrole nitrogens is 1. The molecule has 0 amide bonds. The van der Waals surface area contributed by atoms with E-state index in [1.165, 1.54) is 12.8 Å². The average Bonchev–Trinajstić information content (AvgIpc) is 3.10. The predicted molar refractivity (Wildman–Crippen MR) is 93.5 cm³/mol. The van der Waals surface area contributed by atoms with Crippen molar-refractivity contribution in [1.82, 2.24) is 20.6 Å². The molecule has 2 heterocycles. The highest BCUT2D eigenvalue weighted by Crippen LogP contribution is 2.32. The zero-order valence-corrected chi connectivity index (χ0v) is 14.1. The summed E-state index contributed by atoms with van der Waals surface area (Å²) in [6.45, 7) is 4.33. The summed E-state index contributed by atoms with van der Waals surface area (Å²) in [5.74, 6) is 0.929. The molecule has 1 aliphatic heterocycles. The topological polar surface area (TPSA) is 93.5 Å². The van der Waals surface area contributed by atoms with Gasteiger partial charge in [0.25, 0.3) is 0 Å². The minimum atomic E-state index is 0.245. The molecule has 1 fully saturated rings. The Morgan fingerprint density at radius 2 is 2.42 bits per heavy atom. The predicted octanol–water partition coefficient (Wildman–Crippen LogP) is 3.07. The van der Waals surface area contributed by atoms with Crippen LogP contribution in [0.2, 0.25) is 5.02 Å². The quantitative estimate of drug-likeness (QED) is 0.829. The van der Waals surface area contributed by atoms with Gasteiger partial charge >= 0.3 is 0 Å². The number of hydrogen-bond acceptors (Lipinski definition) is 6. The minimum Gasteiger partial charge on any atom is -0.370 e. The van der Waals surface area contributed by atoms with Crippen LogP contribution in [0.3, 0.4) is 0 Å². The lowest BCUT2D eigenvalue weighted by molar-refractivity contribution is 0.447. The highest BCUT2D eigenvalue weighted by Gasteiger charge is 2.18. The van der Waals surface area contributed by atoms with Gasteiger partial charge < -0.3 is 10.2 Å². The standard InChI is InChI=1S/C16H18ClN7/c1-11-3-2-6-24(10-11)15-5-4-13(7-14(15)17)19-9-12(8-18)16-20-22-23-21-16/h4-5,7,9,11,19H,2-3,6,10H2,1H3,(H,20,21,22,23). The summed E-state index contributed by atoms with van der Waals surface area (Å²) in [6.07, 6.45) is 4.00. The Labute approximate surface area is 145 Å². The van der Waals surface area contributed by atoms with Crippen LogP contribution in [-0.4, -0.2) is 33.7 Å². The lowest BCUT2D eigenvalue weighted by Crippen LogP contribution is -2.34. The fraction of sp³-hybridized carbons (Fsp3) is 0.375. The lowest BCUT2D eigenvalue weighted by atomic mass is 10.00. The monoisotopic (exact) mass is 343 g/mol. The van der Waals surface area contributed by atoms with E-state index in [4.69, 9.17) is 16.9 Å². The van der Waals surface area contributed by atoms with Crippen LogP contribution in [0.4, 0.5) is 11.4 Å². The Morgan fingerprint density at radius 3 is 3.08 bits per heavy atom. The van der Waals surface area contributed by atoms with Gasteiger partial charge in [-0.05, 0) is 42.2 Å². The highest BCUT2D eigenvalue weighted by molar-refractivity contribution is 6.33. The van der Waals surface area contributed by atoms with Crippen LogP contribution < -0.4 is 10.2 Å². The van der Waals surface area contributed by atoms with Crippen molar-refractivity contribution in [2.45, 2.75) is 19.8 Å². The van der Waals surface area contributed by atoms with Crippen molar-refractivity contribution >= 4 is 28.5 Å². The normalized spacial score (nSPS) is 18.3. The number of anilines is 2. The minimum absolute atomic E-state index is 0.245. The highest BCUT2D eigenvalue weighted by atomic mass is 35.5. The Bertz CT molecular complexity index is 763. The molecule has 1 unspecified atom stereocenters. The van der Waals surface area contributed by atoms with Crippen molar-refractivity contribution in [2.24, 2.45) is 5.92 Å². The van der Waals surface area contributed by atoms with Crippen LogP contribution in [0.1, 0.15) is 25.6 Å². The largest absolute Gasteiger partial charge is 0.370 e. The number of piperidine rings is 1. The van der Waals surface area contributed by atoms with Crippen LogP contribution in [0.5, 0.6) is 0 Å². The first kappa shape index (κ1) is 16.3. The molecule has 24 heavy (non-hydrogen) atoms. The third-order valence-electron chi connectivity index (χ3n) is 4.04. The van der Waals surface area contributed by atoms with Crippen LogP contribution >= 0.6 is 11.6 Å². The van der Waals surface area contributed by atoms with Crippen molar-refractivity contribution in [3.05, 3.63) is 35.2 Å². The molecular weight excluding hydrogens is 326 g/mol. The summed E-state index contributed by atoms with van der Waals surface area (Å²) in [5.41, 5.74) is 2.13. The molecular formula is C16H18ClN7. The van der Waals surface area contributed by atoms with E-state index in [1.54, 1.807) is 6.20 Å². The molecule has 2 N–H and O–H groups in total. The van der Waals surface area contributed by atoms with E-state index >= 15 is 0 Å². The number of hydrogen-bond donors (Lipinski definition) is 2. The summed E-state index contributed by atoms with van der Waals surface area (Å²) >= 11 is 6.45. The number of tetrazole rings is 1. The summed E-state index contributed by atoms with van der Waals surface area (Å²) < 4.78 is 0. The van der Waals surface area contributed by atoms with Gasteiger partial charge in [0.2, 0.25) is 5.82 Å². The van der Waals surface area contributed by atoms with Gasteiger partial charge in [-0.2, -0.15) is 10.5 Å². The number of rotatable bonds is 4. The molecule has 8 heteroatoms. The first-order valence-corrected chi connectivity index (χ1v) is 8.20. The van der Waals surface area contributed by atoms with Gasteiger partial charge in [0.05, 0.1) is 10.7 Å². The van der Waals surface area contributed by atoms with E-state index in [-0.39, 0.29) is 11.4 Å². The van der Waals surface area contributed by atoms with Crippen LogP contribution in [-0.2, 0) is 0 Å². The summed E-state index contributed by atoms with van der Waals surface area (Å²) in [5, 5.41) is 26.3. The smallest absolute Gasteiger partial charge is 0.216 e. The van der Waals surface area contributed by atoms with E-state index in [1.807, 2.05) is 24.3 Å². The SMILES string of the molecule is CC1CCCN(c2ccc(NC=C(C#N)c3nn[nH]n3)cc2Cl)C1. The Morgan fingerprint density at radius 1 is 1.54 bits per heavy atom. The molecule has 3 rings (SSSR count). The van der Waals surface area contributed by atoms with Crippen molar-refractivity contribution in [3.63, 3.8) is 0 Å². The molecule has 1 aliphatic rings. The van der Waals surface area contributed by atoms with Crippen LogP contribution in [0.15, 0.2) is 24.4 Å². The number of aromatic nitrogens is 4. The third kappa shape index (κ3) is 3.66. The van der Waals surface area contributed by atoms with E-state index in [2.05, 4.69) is 37.8 Å². The molecule has 124 valence electrons. The average molecular weight is 344 g/mol. The van der Waals surface area contributed by atoms with Crippen molar-refractivity contribution in [2.75, 3.05) is 23.3 Å². The molecule has 0 aliphatic carbocycles. The fourth-order valence-electron chi connectivity index (χ4n) is 2.84. The summed E-state index contributed by atoms with van der Waals surface area (Å²) in [6, 6.07) is 7.85. The molecule has 2 aromatic rings. The van der Waals surface area contributed by atoms with Crippen LogP contribution in [0, 0.1) is 17.2 Å². The van der Waals surface area contributed by atoms with E-state index < -0.39 is 0 Å². The van der Waals surface area contributed by atoms with Crippen molar-refractivity contribution in [3.8, 4) is 6.07 Å². The number of nitrogens with one attached hydrogen (secondary N) is 2. The van der Waals surface area contributed by atoms with E-state index in [9.17, 15) is 0 Å². The Balaban J connectivity index is 1.74. The third-order valence-corrected chi connectivity index (χ3v) is 4.34. The number of nitriles is 1. The maximum Gasteiger partial charge on any atom is 0.216 e. The zero-order valence-electron chi connectivity index (χ0n) is 13.3. The molecule has 0 radical (unpaired) electrons. The molecule has 1 saturated heterocycles. The molecule has 1 aromatic heterocycles. The first-order valence-electron chi connectivity index (χ1n) is 7.82. The van der Waals surface area contributed by atoms with Crippen LogP contribution in [0.25, 0.3) is 5.57 Å². The maximum absolute atomic E-state index is 9.16. The van der Waals surface area contributed by atoms with Gasteiger partial charge in [0.15, 0.2) is 0 Å². The number of nitrogens with zero attached hydrogens (tertiary/aromatic N) is 5. The van der Waals surface area contributed by atoms with Gasteiger partial charge in [-0.1, -0.05) is 18.5 Å². The van der Waals surface area contributed by atoms with Gasteiger partial charge in [-0.3, -0.25) is 0 Å². The van der Waals surface area contributed by atoms with E-state index in [0.29, 0.717) is 10.9 Å². The number of aromatic amines is 1. The number of allylic oxidation sites excluding steroid dienone is 1. The van der Waals surface area contributed by atoms with Gasteiger partial charge in [-0.25, -0.2) is 0 Å². The number of halogens is 1. The zero-order chi connectivity index (χ0) is 16.9. The summed E-state index contributed by atoms with van der Waals surface area (Å²) in [4.78, 5) is 2.33. The molecule has 0 bridgehead atoms. The molecule has 1 aromatic carbocycles. The number of benzene rings is 1. The van der Waals surface area contributed by atoms with Gasteiger partial charge in [-0.15, -0.1) is 10.2 Å². The molecule has 7 nitrogen and oxygen atoms in total. The second kappa shape index (κ2) is 7.32. The first-order chi connectivity index (χ1) is 11.7. The second-order valence-corrected chi connectivity index (χ2v) is 6.32. The molecule has 0 spiro atoms. The Hall–Kier alpha value is -2.59. The van der Waals surface area contributed by atoms with Crippen molar-refractivity contribution < 1.29 is 0 Å². The van der Waals surface area contributed by atoms with E-state index in [0.717, 1.165) is 24.5 Å². The second-order valence-electron chi connectivity index (χ2n) is 5.91. The molecule has 0 saturated carbocycles. The summed E-state index contributed by atoms with van der Waals surface area (Å²) in [7, 11) is 0. The lowest BCUT2D eigenvalue weighted by Gasteiger charge is -2.33. The maximum atomic E-state index is 9.16. The van der Waals surface area contributed by atoms with Gasteiger partial charge in [0, 0.05) is 25.0 Å². The molecule has 1 atom stereocenters. The van der Waals surface area contributed by atoms with Crippen molar-refractivity contribution in [1.29, 1.82) is 5.26 Å². The Kier molecular flexibility index (Phi) is 4.96. The van der Waals surface area contributed by atoms with Gasteiger partial charge in [0.1, 0.15) is 11.6 Å². The fourth-order valence-corrected chi connectivity index (χ4v) is 3.14.